The monoisotopic (exact) mass is 613 g/mol. The largest absolute Gasteiger partial charge is 0.493 e. The third-order valence-corrected chi connectivity index (χ3v) is 7.08. The Morgan fingerprint density at radius 2 is 1.95 bits per heavy atom. The molecule has 3 heterocycles. The minimum Gasteiger partial charge on any atom is -0.493 e. The molecule has 234 valence electrons. The van der Waals surface area contributed by atoms with Crippen molar-refractivity contribution in [3.63, 3.8) is 0 Å². The number of allylic oxidation sites excluding steroid dienone is 1. The van der Waals surface area contributed by atoms with Crippen molar-refractivity contribution in [2.24, 2.45) is 0 Å². The van der Waals surface area contributed by atoms with Crippen molar-refractivity contribution in [2.75, 3.05) is 13.2 Å². The van der Waals surface area contributed by atoms with Crippen molar-refractivity contribution in [2.45, 2.75) is 70.5 Å². The summed E-state index contributed by atoms with van der Waals surface area (Å²) in [4.78, 5) is 22.9. The molecule has 2 aromatic carbocycles. The first-order chi connectivity index (χ1) is 20.9. The van der Waals surface area contributed by atoms with Gasteiger partial charge < -0.3 is 23.7 Å². The fourth-order valence-electron chi connectivity index (χ4n) is 5.15. The van der Waals surface area contributed by atoms with E-state index in [1.165, 1.54) is 17.0 Å². The number of nitrogens with zero attached hydrogens (tertiary/aromatic N) is 5. The Labute approximate surface area is 252 Å². The maximum atomic E-state index is 14.1. The van der Waals surface area contributed by atoms with Crippen molar-refractivity contribution in [3.8, 4) is 17.1 Å². The van der Waals surface area contributed by atoms with Crippen LogP contribution in [0, 0.1) is 0 Å². The number of para-hydroxylation sites is 2. The molecule has 5 rings (SSSR count). The molecule has 0 radical (unpaired) electrons. The first-order valence-corrected chi connectivity index (χ1v) is 14.3. The van der Waals surface area contributed by atoms with Crippen LogP contribution >= 0.6 is 0 Å². The van der Waals surface area contributed by atoms with E-state index in [0.717, 1.165) is 22.9 Å². The van der Waals surface area contributed by atoms with Crippen LogP contribution in [0.15, 0.2) is 59.6 Å². The van der Waals surface area contributed by atoms with Crippen LogP contribution in [0.5, 0.6) is 5.75 Å². The molecule has 0 unspecified atom stereocenters. The third kappa shape index (κ3) is 6.72. The number of likely N-dealkylation sites (tertiary alicyclic amines) is 1. The third-order valence-electron chi connectivity index (χ3n) is 7.08. The number of hydrogen-bond acceptors (Lipinski definition) is 8. The predicted octanol–water partition coefficient (Wildman–Crippen LogP) is 6.35. The molecule has 0 saturated carbocycles. The molecule has 2 atom stereocenters. The molecule has 1 aliphatic rings. The van der Waals surface area contributed by atoms with Gasteiger partial charge in [-0.1, -0.05) is 23.4 Å². The van der Waals surface area contributed by atoms with Crippen LogP contribution in [0.2, 0.25) is 0 Å². The zero-order valence-electron chi connectivity index (χ0n) is 24.7. The van der Waals surface area contributed by atoms with Crippen LogP contribution in [-0.4, -0.2) is 60.6 Å². The van der Waals surface area contributed by atoms with Gasteiger partial charge in [-0.2, -0.15) is 18.2 Å². The van der Waals surface area contributed by atoms with Gasteiger partial charge in [0, 0.05) is 25.1 Å². The van der Waals surface area contributed by atoms with Gasteiger partial charge in [-0.05, 0) is 63.9 Å². The zero-order valence-corrected chi connectivity index (χ0v) is 24.7. The molecule has 10 nitrogen and oxygen atoms in total. The van der Waals surface area contributed by atoms with E-state index in [1.54, 1.807) is 26.8 Å². The molecule has 44 heavy (non-hydrogen) atoms. The summed E-state index contributed by atoms with van der Waals surface area (Å²) in [6.45, 7) is 9.72. The van der Waals surface area contributed by atoms with Gasteiger partial charge in [-0.15, -0.1) is 6.58 Å². The Kier molecular flexibility index (Phi) is 8.69. The van der Waals surface area contributed by atoms with E-state index in [0.29, 0.717) is 19.4 Å². The molecule has 2 aromatic heterocycles. The number of fused-ring (bicyclic) bond motifs is 1. The number of halogens is 3. The molecule has 1 amide bonds. The summed E-state index contributed by atoms with van der Waals surface area (Å²) in [5.74, 6) is 0.243. The van der Waals surface area contributed by atoms with Crippen molar-refractivity contribution < 1.29 is 37.1 Å². The van der Waals surface area contributed by atoms with Gasteiger partial charge >= 0.3 is 12.3 Å². The maximum Gasteiger partial charge on any atom is 0.419 e. The van der Waals surface area contributed by atoms with Crippen LogP contribution in [0.1, 0.15) is 56.9 Å². The number of benzene rings is 2. The molecule has 0 bridgehead atoms. The molecule has 4 aromatic rings. The van der Waals surface area contributed by atoms with Gasteiger partial charge in [-0.25, -0.2) is 9.78 Å². The Morgan fingerprint density at radius 3 is 2.68 bits per heavy atom. The van der Waals surface area contributed by atoms with Crippen molar-refractivity contribution in [1.82, 2.24) is 24.6 Å². The number of rotatable bonds is 9. The van der Waals surface area contributed by atoms with Gasteiger partial charge in [0.25, 0.3) is 5.89 Å². The number of aliphatic hydroxyl groups is 1. The van der Waals surface area contributed by atoms with E-state index in [-0.39, 0.29) is 42.6 Å². The molecule has 0 aliphatic carbocycles. The normalized spacial score (nSPS) is 17.3. The first kappa shape index (κ1) is 31.0. The average Bonchev–Trinajstić information content (AvgIpc) is 3.67. The number of aryl methyl sites for hydroxylation is 1. The molecule has 1 fully saturated rings. The quantitative estimate of drug-likeness (QED) is 0.172. The van der Waals surface area contributed by atoms with Crippen LogP contribution in [0.3, 0.4) is 0 Å². The molecule has 13 heteroatoms. The predicted molar refractivity (Wildman–Crippen MR) is 155 cm³/mol. The number of ether oxygens (including phenoxy) is 2. The van der Waals surface area contributed by atoms with E-state index in [2.05, 4.69) is 21.7 Å². The highest BCUT2D eigenvalue weighted by atomic mass is 19.4. The number of carbonyl (C=O) groups excluding carboxylic acids is 1. The molecule has 1 aliphatic heterocycles. The molecular formula is C31H34F3N5O5. The number of aromatic nitrogens is 4. The second kappa shape index (κ2) is 12.3. The summed E-state index contributed by atoms with van der Waals surface area (Å²) in [5, 5.41) is 14.4. The second-order valence-electron chi connectivity index (χ2n) is 11.5. The Bertz CT molecular complexity index is 1640. The lowest BCUT2D eigenvalue weighted by Crippen LogP contribution is -2.38. The second-order valence-corrected chi connectivity index (χ2v) is 11.5. The minimum atomic E-state index is -4.72. The van der Waals surface area contributed by atoms with Gasteiger partial charge in [0.15, 0.2) is 0 Å². The number of aliphatic hydroxyl groups excluding tert-OH is 1. The smallest absolute Gasteiger partial charge is 0.419 e. The highest BCUT2D eigenvalue weighted by molar-refractivity contribution is 5.76. The lowest BCUT2D eigenvalue weighted by Gasteiger charge is -2.27. The zero-order chi connectivity index (χ0) is 31.6. The van der Waals surface area contributed by atoms with Gasteiger partial charge in [0.1, 0.15) is 23.2 Å². The lowest BCUT2D eigenvalue weighted by molar-refractivity contribution is -0.138. The average molecular weight is 614 g/mol. The van der Waals surface area contributed by atoms with E-state index >= 15 is 0 Å². The summed E-state index contributed by atoms with van der Waals surface area (Å²) in [7, 11) is 0. The fourth-order valence-corrected chi connectivity index (χ4v) is 5.15. The van der Waals surface area contributed by atoms with E-state index < -0.39 is 35.6 Å². The number of alkyl halides is 3. The molecule has 1 N–H and O–H groups in total. The van der Waals surface area contributed by atoms with Crippen LogP contribution in [0.25, 0.3) is 22.4 Å². The van der Waals surface area contributed by atoms with Gasteiger partial charge in [0.05, 0.1) is 29.3 Å². The topological polar surface area (TPSA) is 116 Å². The minimum absolute atomic E-state index is 0.0339. The van der Waals surface area contributed by atoms with Crippen molar-refractivity contribution >= 4 is 17.1 Å². The number of carbonyl (C=O) groups is 1. The highest BCUT2D eigenvalue weighted by Crippen LogP contribution is 2.39. The summed E-state index contributed by atoms with van der Waals surface area (Å²) in [6.07, 6.45) is -3.44. The van der Waals surface area contributed by atoms with Crippen LogP contribution in [-0.2, 0) is 23.9 Å². The van der Waals surface area contributed by atoms with Crippen molar-refractivity contribution in [1.29, 1.82) is 0 Å². The summed E-state index contributed by atoms with van der Waals surface area (Å²) >= 11 is 0. The van der Waals surface area contributed by atoms with E-state index in [4.69, 9.17) is 14.0 Å². The summed E-state index contributed by atoms with van der Waals surface area (Å²) in [6, 6.07) is 10.2. The summed E-state index contributed by atoms with van der Waals surface area (Å²) < 4.78 is 60.6. The highest BCUT2D eigenvalue weighted by Gasteiger charge is 2.43. The van der Waals surface area contributed by atoms with E-state index in [9.17, 15) is 23.1 Å². The number of imidazole rings is 1. The Balaban J connectivity index is 1.30. The van der Waals surface area contributed by atoms with Crippen LogP contribution in [0.4, 0.5) is 18.0 Å². The number of amides is 1. The van der Waals surface area contributed by atoms with Crippen molar-refractivity contribution in [3.05, 3.63) is 72.4 Å². The number of hydrogen-bond donors (Lipinski definition) is 1. The maximum absolute atomic E-state index is 14.1. The lowest BCUT2D eigenvalue weighted by atomic mass is 10.1. The van der Waals surface area contributed by atoms with Crippen LogP contribution < -0.4 is 4.74 Å². The molecule has 0 spiro atoms. The van der Waals surface area contributed by atoms with E-state index in [1.807, 2.05) is 28.8 Å². The Morgan fingerprint density at radius 1 is 1.18 bits per heavy atom. The SMILES string of the molecule is C=CCn1c(CCCOc2ccc(-c3noc([C@@H]4[C@@H](O)CCN4C(=O)OC(C)(C)C)n3)cc2C(F)(F)F)nc2ccccc21. The summed E-state index contributed by atoms with van der Waals surface area (Å²) in [5.41, 5.74) is 0.0772. The van der Waals surface area contributed by atoms with Gasteiger partial charge in [-0.3, -0.25) is 4.90 Å². The molecule has 1 saturated heterocycles. The Hall–Kier alpha value is -4.39. The van der Waals surface area contributed by atoms with Gasteiger partial charge in [0.2, 0.25) is 5.82 Å². The first-order valence-electron chi connectivity index (χ1n) is 14.3. The molecular weight excluding hydrogens is 579 g/mol. The fraction of sp³-hybridized carbons (Fsp3) is 0.419. The standard InChI is InChI=1S/C31H34F3N5O5/c1-5-15-38-22-10-7-6-9-21(22)35-25(38)11-8-17-42-24-13-12-19(18-20(24)31(32,33)34)27-36-28(44-37-27)26-23(40)14-16-39(26)29(41)43-30(2,3)4/h5-7,9-10,12-13,18,23,26,40H,1,8,11,14-17H2,2-4H3/t23-,26-/m0/s1.